The molecular formula is C21H19N5O. The topological polar surface area (TPSA) is 75.7 Å². The Morgan fingerprint density at radius 2 is 1.89 bits per heavy atom. The summed E-state index contributed by atoms with van der Waals surface area (Å²) in [6.07, 6.45) is 3.52. The smallest absolute Gasteiger partial charge is 0.227 e. The SMILES string of the molecule is COc1cccc(Nc2nccc(-c3cn[nH]c3-c3ccc(C)cc3)n2)c1. The van der Waals surface area contributed by atoms with E-state index in [0.717, 1.165) is 34.0 Å². The molecule has 0 aliphatic carbocycles. The molecule has 2 aromatic heterocycles. The van der Waals surface area contributed by atoms with Gasteiger partial charge in [0, 0.05) is 29.1 Å². The highest BCUT2D eigenvalue weighted by Crippen LogP contribution is 2.29. The van der Waals surface area contributed by atoms with Crippen molar-refractivity contribution in [3.63, 3.8) is 0 Å². The first-order chi connectivity index (χ1) is 13.2. The minimum Gasteiger partial charge on any atom is -0.497 e. The summed E-state index contributed by atoms with van der Waals surface area (Å²) in [6, 6.07) is 17.8. The van der Waals surface area contributed by atoms with Crippen LogP contribution in [0.25, 0.3) is 22.5 Å². The fourth-order valence-corrected chi connectivity index (χ4v) is 2.82. The molecule has 2 N–H and O–H groups in total. The number of aromatic amines is 1. The summed E-state index contributed by atoms with van der Waals surface area (Å²) >= 11 is 0. The third-order valence-electron chi connectivity index (χ3n) is 4.24. The number of H-pyrrole nitrogens is 1. The van der Waals surface area contributed by atoms with Gasteiger partial charge in [-0.2, -0.15) is 5.10 Å². The number of hydrogen-bond acceptors (Lipinski definition) is 5. The summed E-state index contributed by atoms with van der Waals surface area (Å²) in [5.74, 6) is 1.28. The second-order valence-corrected chi connectivity index (χ2v) is 6.15. The van der Waals surface area contributed by atoms with Gasteiger partial charge in [-0.3, -0.25) is 5.10 Å². The highest BCUT2D eigenvalue weighted by Gasteiger charge is 2.12. The number of rotatable bonds is 5. The minimum atomic E-state index is 0.511. The fourth-order valence-electron chi connectivity index (χ4n) is 2.82. The van der Waals surface area contributed by atoms with Crippen LogP contribution in [0.4, 0.5) is 11.6 Å². The molecule has 0 unspecified atom stereocenters. The van der Waals surface area contributed by atoms with Gasteiger partial charge in [0.2, 0.25) is 5.95 Å². The van der Waals surface area contributed by atoms with Crippen LogP contribution < -0.4 is 10.1 Å². The predicted octanol–water partition coefficient (Wildman–Crippen LogP) is 4.59. The lowest BCUT2D eigenvalue weighted by Gasteiger charge is -2.08. The third-order valence-corrected chi connectivity index (χ3v) is 4.24. The Morgan fingerprint density at radius 3 is 2.70 bits per heavy atom. The van der Waals surface area contributed by atoms with E-state index in [0.29, 0.717) is 5.95 Å². The average molecular weight is 357 g/mol. The van der Waals surface area contributed by atoms with E-state index in [-0.39, 0.29) is 0 Å². The molecule has 2 aromatic carbocycles. The van der Waals surface area contributed by atoms with Crippen LogP contribution in [-0.4, -0.2) is 27.3 Å². The molecule has 0 atom stereocenters. The number of nitrogens with one attached hydrogen (secondary N) is 2. The van der Waals surface area contributed by atoms with Crippen molar-refractivity contribution in [2.45, 2.75) is 6.92 Å². The van der Waals surface area contributed by atoms with E-state index in [9.17, 15) is 0 Å². The Labute approximate surface area is 157 Å². The number of benzene rings is 2. The molecule has 27 heavy (non-hydrogen) atoms. The van der Waals surface area contributed by atoms with Gasteiger partial charge in [0.25, 0.3) is 0 Å². The van der Waals surface area contributed by atoms with E-state index in [1.165, 1.54) is 5.56 Å². The molecule has 0 bridgehead atoms. The molecule has 0 aliphatic heterocycles. The summed E-state index contributed by atoms with van der Waals surface area (Å²) in [6.45, 7) is 2.07. The molecule has 0 radical (unpaired) electrons. The lowest BCUT2D eigenvalue weighted by atomic mass is 10.0. The molecule has 6 nitrogen and oxygen atoms in total. The van der Waals surface area contributed by atoms with Crippen LogP contribution in [0.2, 0.25) is 0 Å². The van der Waals surface area contributed by atoms with Gasteiger partial charge in [-0.25, -0.2) is 9.97 Å². The number of ether oxygens (including phenoxy) is 1. The third kappa shape index (κ3) is 3.64. The largest absolute Gasteiger partial charge is 0.497 e. The van der Waals surface area contributed by atoms with Crippen LogP contribution in [0, 0.1) is 6.92 Å². The van der Waals surface area contributed by atoms with Crippen molar-refractivity contribution < 1.29 is 4.74 Å². The maximum absolute atomic E-state index is 5.26. The van der Waals surface area contributed by atoms with Crippen molar-refractivity contribution in [1.29, 1.82) is 0 Å². The highest BCUT2D eigenvalue weighted by molar-refractivity contribution is 5.78. The minimum absolute atomic E-state index is 0.511. The number of aryl methyl sites for hydroxylation is 1. The zero-order chi connectivity index (χ0) is 18.6. The summed E-state index contributed by atoms with van der Waals surface area (Å²) in [5, 5.41) is 10.5. The molecule has 0 spiro atoms. The van der Waals surface area contributed by atoms with E-state index in [4.69, 9.17) is 4.74 Å². The molecule has 6 heteroatoms. The fraction of sp³-hybridized carbons (Fsp3) is 0.0952. The lowest BCUT2D eigenvalue weighted by Crippen LogP contribution is -1.98. The maximum Gasteiger partial charge on any atom is 0.227 e. The summed E-state index contributed by atoms with van der Waals surface area (Å²) in [4.78, 5) is 8.97. The Hall–Kier alpha value is -3.67. The number of anilines is 2. The monoisotopic (exact) mass is 357 g/mol. The summed E-state index contributed by atoms with van der Waals surface area (Å²) < 4.78 is 5.26. The normalized spacial score (nSPS) is 10.6. The highest BCUT2D eigenvalue weighted by atomic mass is 16.5. The van der Waals surface area contributed by atoms with Crippen LogP contribution >= 0.6 is 0 Å². The van der Waals surface area contributed by atoms with E-state index in [1.54, 1.807) is 19.5 Å². The van der Waals surface area contributed by atoms with Gasteiger partial charge in [-0.1, -0.05) is 35.9 Å². The van der Waals surface area contributed by atoms with Crippen molar-refractivity contribution in [1.82, 2.24) is 20.2 Å². The Balaban J connectivity index is 1.65. The summed E-state index contributed by atoms with van der Waals surface area (Å²) in [7, 11) is 1.64. The first-order valence-electron chi connectivity index (χ1n) is 8.58. The van der Waals surface area contributed by atoms with Gasteiger partial charge >= 0.3 is 0 Å². The number of aromatic nitrogens is 4. The van der Waals surface area contributed by atoms with E-state index >= 15 is 0 Å². The van der Waals surface area contributed by atoms with E-state index < -0.39 is 0 Å². The number of hydrogen-bond donors (Lipinski definition) is 2. The van der Waals surface area contributed by atoms with Crippen molar-refractivity contribution in [2.24, 2.45) is 0 Å². The maximum atomic E-state index is 5.26. The molecule has 0 saturated carbocycles. The number of nitrogens with zero attached hydrogens (tertiary/aromatic N) is 3. The second kappa shape index (κ2) is 7.29. The van der Waals surface area contributed by atoms with E-state index in [1.807, 2.05) is 30.3 Å². The molecule has 2 heterocycles. The predicted molar refractivity (Wildman–Crippen MR) is 106 cm³/mol. The van der Waals surface area contributed by atoms with Crippen molar-refractivity contribution in [2.75, 3.05) is 12.4 Å². The van der Waals surface area contributed by atoms with Crippen molar-refractivity contribution >= 4 is 11.6 Å². The molecular weight excluding hydrogens is 338 g/mol. The Bertz CT molecular complexity index is 1060. The first-order valence-corrected chi connectivity index (χ1v) is 8.58. The lowest BCUT2D eigenvalue weighted by molar-refractivity contribution is 0.415. The molecule has 0 aliphatic rings. The van der Waals surface area contributed by atoms with Crippen LogP contribution in [0.3, 0.4) is 0 Å². The van der Waals surface area contributed by atoms with Gasteiger partial charge in [0.1, 0.15) is 5.75 Å². The second-order valence-electron chi connectivity index (χ2n) is 6.15. The zero-order valence-corrected chi connectivity index (χ0v) is 15.1. The zero-order valence-electron chi connectivity index (χ0n) is 15.1. The standard InChI is InChI=1S/C21H19N5O/c1-14-6-8-15(9-7-14)20-18(13-23-26-20)19-10-11-22-21(25-19)24-16-4-3-5-17(12-16)27-2/h3-13H,1-2H3,(H,23,26)(H,22,24,25). The Morgan fingerprint density at radius 1 is 1.04 bits per heavy atom. The van der Waals surface area contributed by atoms with E-state index in [2.05, 4.69) is 56.7 Å². The molecule has 134 valence electrons. The van der Waals surface area contributed by atoms with Crippen LogP contribution in [0.5, 0.6) is 5.75 Å². The van der Waals surface area contributed by atoms with Gasteiger partial charge in [0.15, 0.2) is 0 Å². The number of methoxy groups -OCH3 is 1. The molecule has 0 saturated heterocycles. The van der Waals surface area contributed by atoms with Gasteiger partial charge in [-0.15, -0.1) is 0 Å². The van der Waals surface area contributed by atoms with Gasteiger partial charge < -0.3 is 10.1 Å². The Kier molecular flexibility index (Phi) is 4.53. The average Bonchev–Trinajstić information content (AvgIpc) is 3.19. The van der Waals surface area contributed by atoms with Crippen LogP contribution in [0.15, 0.2) is 67.0 Å². The quantitative estimate of drug-likeness (QED) is 0.546. The van der Waals surface area contributed by atoms with Crippen molar-refractivity contribution in [3.05, 3.63) is 72.6 Å². The first kappa shape index (κ1) is 16.8. The summed E-state index contributed by atoms with van der Waals surface area (Å²) in [5.41, 5.74) is 5.79. The van der Waals surface area contributed by atoms with Crippen LogP contribution in [-0.2, 0) is 0 Å². The molecule has 4 rings (SSSR count). The van der Waals surface area contributed by atoms with Crippen LogP contribution in [0.1, 0.15) is 5.56 Å². The molecule has 4 aromatic rings. The van der Waals surface area contributed by atoms with Crippen molar-refractivity contribution in [3.8, 4) is 28.3 Å². The van der Waals surface area contributed by atoms with Gasteiger partial charge in [-0.05, 0) is 25.1 Å². The van der Waals surface area contributed by atoms with Gasteiger partial charge in [0.05, 0.1) is 24.7 Å². The molecule has 0 fully saturated rings. The molecule has 0 amide bonds.